The van der Waals surface area contributed by atoms with Crippen LogP contribution in [0.25, 0.3) is 22.0 Å². The highest BCUT2D eigenvalue weighted by molar-refractivity contribution is 5.97. The topological polar surface area (TPSA) is 49.0 Å². The molecule has 0 bridgehead atoms. The number of phenols is 1. The Morgan fingerprint density at radius 2 is 1.89 bits per heavy atom. The molecule has 0 spiro atoms. The molecule has 3 heteroatoms. The highest BCUT2D eigenvalue weighted by Gasteiger charge is 2.12. The first kappa shape index (κ1) is 11.4. The number of nitrogens with zero attached hydrogens (tertiary/aromatic N) is 2. The second-order valence-corrected chi connectivity index (χ2v) is 4.51. The van der Waals surface area contributed by atoms with Gasteiger partial charge in [0.15, 0.2) is 0 Å². The summed E-state index contributed by atoms with van der Waals surface area (Å²) >= 11 is 0. The number of rotatable bonds is 1. The van der Waals surface area contributed by atoms with Crippen LogP contribution in [-0.4, -0.2) is 9.67 Å². The third-order valence-electron chi connectivity index (χ3n) is 3.31. The minimum absolute atomic E-state index is 0.190. The molecule has 1 heterocycles. The Balaban J connectivity index is 2.34. The highest BCUT2D eigenvalue weighted by Crippen LogP contribution is 2.35. The smallest absolute Gasteiger partial charge is 0.123 e. The van der Waals surface area contributed by atoms with Gasteiger partial charge in [-0.1, -0.05) is 18.2 Å². The fourth-order valence-electron chi connectivity index (χ4n) is 2.38. The molecule has 1 aromatic heterocycles. The van der Waals surface area contributed by atoms with Crippen LogP contribution in [0.2, 0.25) is 0 Å². The van der Waals surface area contributed by atoms with Gasteiger partial charge >= 0.3 is 0 Å². The van der Waals surface area contributed by atoms with E-state index >= 15 is 0 Å². The molecule has 19 heavy (non-hydrogen) atoms. The molecule has 0 aliphatic carbocycles. The quantitative estimate of drug-likeness (QED) is 0.717. The van der Waals surface area contributed by atoms with Crippen molar-refractivity contribution in [2.24, 2.45) is 7.05 Å². The molecule has 0 fully saturated rings. The lowest BCUT2D eigenvalue weighted by molar-refractivity contribution is 0.477. The summed E-state index contributed by atoms with van der Waals surface area (Å²) < 4.78 is 2.02. The zero-order valence-corrected chi connectivity index (χ0v) is 10.5. The third kappa shape index (κ3) is 1.74. The summed E-state index contributed by atoms with van der Waals surface area (Å²) in [5.41, 5.74) is 3.27. The Bertz CT molecular complexity index is 809. The van der Waals surface area contributed by atoms with Crippen molar-refractivity contribution < 1.29 is 5.11 Å². The first-order chi connectivity index (χ1) is 9.20. The van der Waals surface area contributed by atoms with Gasteiger partial charge in [0.25, 0.3) is 0 Å². The van der Waals surface area contributed by atoms with Crippen LogP contribution in [0, 0.1) is 11.3 Å². The maximum Gasteiger partial charge on any atom is 0.123 e. The van der Waals surface area contributed by atoms with Crippen LogP contribution in [0.5, 0.6) is 5.75 Å². The number of phenolic OH excluding ortho intramolecular Hbond substituents is 1. The summed E-state index contributed by atoms with van der Waals surface area (Å²) in [6.07, 6.45) is 1.97. The van der Waals surface area contributed by atoms with Crippen LogP contribution in [0.15, 0.2) is 48.7 Å². The SMILES string of the molecule is Cn1cc(-c2cc(C#N)ccc2O)c2ccccc21. The largest absolute Gasteiger partial charge is 0.507 e. The van der Waals surface area contributed by atoms with Crippen molar-refractivity contribution in [3.63, 3.8) is 0 Å². The molecule has 0 aliphatic heterocycles. The fourth-order valence-corrected chi connectivity index (χ4v) is 2.38. The molecule has 1 N–H and O–H groups in total. The molecule has 3 nitrogen and oxygen atoms in total. The molecule has 3 rings (SSSR count). The van der Waals surface area contributed by atoms with Crippen molar-refractivity contribution in [1.29, 1.82) is 5.26 Å². The van der Waals surface area contributed by atoms with Gasteiger partial charge in [0.2, 0.25) is 0 Å². The van der Waals surface area contributed by atoms with Crippen LogP contribution >= 0.6 is 0 Å². The second kappa shape index (κ2) is 4.18. The lowest BCUT2D eigenvalue weighted by Crippen LogP contribution is -1.82. The van der Waals surface area contributed by atoms with E-state index in [-0.39, 0.29) is 5.75 Å². The first-order valence-electron chi connectivity index (χ1n) is 5.98. The van der Waals surface area contributed by atoms with Gasteiger partial charge in [-0.2, -0.15) is 5.26 Å². The number of benzene rings is 2. The molecular weight excluding hydrogens is 236 g/mol. The Hall–Kier alpha value is -2.73. The summed E-state index contributed by atoms with van der Waals surface area (Å²) in [6.45, 7) is 0. The Morgan fingerprint density at radius 1 is 1.11 bits per heavy atom. The van der Waals surface area contributed by atoms with Gasteiger partial charge in [0.05, 0.1) is 11.6 Å². The molecule has 92 valence electrons. The number of para-hydroxylation sites is 1. The number of aromatic hydroxyl groups is 1. The average Bonchev–Trinajstić information content (AvgIpc) is 2.77. The van der Waals surface area contributed by atoms with Crippen molar-refractivity contribution in [1.82, 2.24) is 4.57 Å². The minimum Gasteiger partial charge on any atom is -0.507 e. The number of nitriles is 1. The van der Waals surface area contributed by atoms with Crippen molar-refractivity contribution >= 4 is 10.9 Å². The summed E-state index contributed by atoms with van der Waals surface area (Å²) in [6, 6.07) is 15.0. The van der Waals surface area contributed by atoms with E-state index in [1.54, 1.807) is 18.2 Å². The predicted molar refractivity (Wildman–Crippen MR) is 74.7 cm³/mol. The lowest BCUT2D eigenvalue weighted by Gasteiger charge is -2.03. The van der Waals surface area contributed by atoms with Crippen LogP contribution in [0.4, 0.5) is 0 Å². The van der Waals surface area contributed by atoms with Crippen molar-refractivity contribution in [2.75, 3.05) is 0 Å². The summed E-state index contributed by atoms with van der Waals surface area (Å²) in [4.78, 5) is 0. The van der Waals surface area contributed by atoms with E-state index in [1.807, 2.05) is 42.1 Å². The molecule has 3 aromatic rings. The van der Waals surface area contributed by atoms with Gasteiger partial charge in [-0.15, -0.1) is 0 Å². The van der Waals surface area contributed by atoms with E-state index < -0.39 is 0 Å². The van der Waals surface area contributed by atoms with E-state index in [9.17, 15) is 5.11 Å². The normalized spacial score (nSPS) is 10.5. The molecule has 2 aromatic carbocycles. The molecule has 0 unspecified atom stereocenters. The highest BCUT2D eigenvalue weighted by atomic mass is 16.3. The van der Waals surface area contributed by atoms with Gasteiger partial charge < -0.3 is 9.67 Å². The fraction of sp³-hybridized carbons (Fsp3) is 0.0625. The molecule has 0 atom stereocenters. The Morgan fingerprint density at radius 3 is 2.68 bits per heavy atom. The molecule has 0 saturated heterocycles. The molecule has 0 aliphatic rings. The van der Waals surface area contributed by atoms with Crippen LogP contribution in [-0.2, 0) is 7.05 Å². The van der Waals surface area contributed by atoms with Gasteiger partial charge in [0, 0.05) is 35.3 Å². The zero-order chi connectivity index (χ0) is 13.4. The monoisotopic (exact) mass is 248 g/mol. The summed E-state index contributed by atoms with van der Waals surface area (Å²) in [5.74, 6) is 0.190. The van der Waals surface area contributed by atoms with E-state index in [0.29, 0.717) is 11.1 Å². The third-order valence-corrected chi connectivity index (χ3v) is 3.31. The van der Waals surface area contributed by atoms with Gasteiger partial charge in [-0.05, 0) is 24.3 Å². The van der Waals surface area contributed by atoms with E-state index in [4.69, 9.17) is 5.26 Å². The van der Waals surface area contributed by atoms with Crippen molar-refractivity contribution in [3.05, 3.63) is 54.2 Å². The standard InChI is InChI=1S/C16H12N2O/c1-18-10-14(12-4-2-3-5-15(12)18)13-8-11(9-17)6-7-16(13)19/h2-8,10,19H,1H3. The zero-order valence-electron chi connectivity index (χ0n) is 10.5. The van der Waals surface area contributed by atoms with Gasteiger partial charge in [-0.25, -0.2) is 0 Å². The Labute approximate surface area is 111 Å². The summed E-state index contributed by atoms with van der Waals surface area (Å²) in [5, 5.41) is 20.1. The van der Waals surface area contributed by atoms with E-state index in [0.717, 1.165) is 16.5 Å². The predicted octanol–water partition coefficient (Wildman–Crippen LogP) is 3.42. The van der Waals surface area contributed by atoms with Crippen molar-refractivity contribution in [2.45, 2.75) is 0 Å². The average molecular weight is 248 g/mol. The van der Waals surface area contributed by atoms with E-state index in [1.165, 1.54) is 0 Å². The Kier molecular flexibility index (Phi) is 2.50. The molecule has 0 radical (unpaired) electrons. The van der Waals surface area contributed by atoms with Crippen LogP contribution in [0.3, 0.4) is 0 Å². The van der Waals surface area contributed by atoms with E-state index in [2.05, 4.69) is 6.07 Å². The lowest BCUT2D eigenvalue weighted by atomic mass is 10.0. The van der Waals surface area contributed by atoms with Crippen LogP contribution < -0.4 is 0 Å². The second-order valence-electron chi connectivity index (χ2n) is 4.51. The molecule has 0 amide bonds. The van der Waals surface area contributed by atoms with Gasteiger partial charge in [-0.3, -0.25) is 0 Å². The van der Waals surface area contributed by atoms with Crippen molar-refractivity contribution in [3.8, 4) is 22.9 Å². The minimum atomic E-state index is 0.190. The maximum absolute atomic E-state index is 10.0. The molecular formula is C16H12N2O. The van der Waals surface area contributed by atoms with Crippen LogP contribution in [0.1, 0.15) is 5.56 Å². The number of hydrogen-bond acceptors (Lipinski definition) is 2. The number of fused-ring (bicyclic) bond motifs is 1. The molecule has 0 saturated carbocycles. The first-order valence-corrected chi connectivity index (χ1v) is 5.98. The number of aryl methyl sites for hydroxylation is 1. The summed E-state index contributed by atoms with van der Waals surface area (Å²) in [7, 11) is 1.97. The van der Waals surface area contributed by atoms with Gasteiger partial charge in [0.1, 0.15) is 5.75 Å². The maximum atomic E-state index is 10.0. The number of aromatic nitrogens is 1. The number of hydrogen-bond donors (Lipinski definition) is 1.